The molecule has 0 aliphatic heterocycles. The van der Waals surface area contributed by atoms with Crippen molar-refractivity contribution in [1.82, 2.24) is 4.90 Å². The van der Waals surface area contributed by atoms with E-state index in [-0.39, 0.29) is 5.97 Å². The Morgan fingerprint density at radius 1 is 1.24 bits per heavy atom. The zero-order valence-electron chi connectivity index (χ0n) is 16.7. The summed E-state index contributed by atoms with van der Waals surface area (Å²) in [7, 11) is 0.868. The maximum atomic E-state index is 12.4. The number of nitrogens with one attached hydrogen (secondary N) is 1. The van der Waals surface area contributed by atoms with Crippen LogP contribution in [0.3, 0.4) is 0 Å². The van der Waals surface area contributed by atoms with Crippen LogP contribution in [-0.4, -0.2) is 44.3 Å². The topological polar surface area (TPSA) is 41.6 Å². The molecule has 1 aromatic carbocycles. The third kappa shape index (κ3) is 6.78. The quantitative estimate of drug-likeness (QED) is 0.317. The predicted molar refractivity (Wildman–Crippen MR) is 113 cm³/mol. The molecule has 4 nitrogen and oxygen atoms in total. The Balaban J connectivity index is 2.75. The smallest absolute Gasteiger partial charge is 0.338 e. The van der Waals surface area contributed by atoms with E-state index >= 15 is 0 Å². The van der Waals surface area contributed by atoms with Gasteiger partial charge in [-0.25, -0.2) is 4.79 Å². The van der Waals surface area contributed by atoms with Crippen LogP contribution in [0.25, 0.3) is 0 Å². The fourth-order valence-electron chi connectivity index (χ4n) is 2.38. The Labute approximate surface area is 159 Å². The zero-order valence-corrected chi connectivity index (χ0v) is 18.5. The maximum absolute atomic E-state index is 12.4. The van der Waals surface area contributed by atoms with Crippen molar-refractivity contribution < 1.29 is 9.53 Å². The van der Waals surface area contributed by atoms with Crippen molar-refractivity contribution in [3.63, 3.8) is 0 Å². The monoisotopic (exact) mass is 380 g/mol. The number of carbonyl (C=O) groups is 1. The van der Waals surface area contributed by atoms with Crippen LogP contribution in [0, 0.1) is 13.8 Å². The van der Waals surface area contributed by atoms with Crippen LogP contribution >= 0.6 is 12.2 Å². The van der Waals surface area contributed by atoms with Crippen LogP contribution in [0.1, 0.15) is 34.8 Å². The molecule has 1 aromatic rings. The molecular weight excluding hydrogens is 348 g/mol. The average molecular weight is 381 g/mol. The van der Waals surface area contributed by atoms with Crippen LogP contribution < -0.4 is 5.32 Å². The van der Waals surface area contributed by atoms with Crippen molar-refractivity contribution in [2.45, 2.75) is 52.9 Å². The van der Waals surface area contributed by atoms with E-state index in [9.17, 15) is 4.79 Å². The van der Waals surface area contributed by atoms with Crippen molar-refractivity contribution in [3.8, 4) is 0 Å². The molecule has 0 fully saturated rings. The van der Waals surface area contributed by atoms with E-state index in [1.807, 2.05) is 44.9 Å². The molecule has 0 saturated heterocycles. The summed E-state index contributed by atoms with van der Waals surface area (Å²) in [6.45, 7) is 14.3. The number of esters is 1. The van der Waals surface area contributed by atoms with E-state index < -0.39 is 8.07 Å². The SMILES string of the molecule is CCN(C)C(=S)Nc1ccc(C(=O)OCCC[Si](C)(C)C)c(C)c1C. The lowest BCUT2D eigenvalue weighted by Gasteiger charge is -2.21. The number of hydrogen-bond acceptors (Lipinski definition) is 3. The lowest BCUT2D eigenvalue weighted by molar-refractivity contribution is 0.0504. The van der Waals surface area contributed by atoms with E-state index in [0.29, 0.717) is 17.3 Å². The predicted octanol–water partition coefficient (Wildman–Crippen LogP) is 4.84. The largest absolute Gasteiger partial charge is 0.462 e. The Morgan fingerprint density at radius 2 is 1.88 bits per heavy atom. The van der Waals surface area contributed by atoms with Crippen molar-refractivity contribution in [1.29, 1.82) is 0 Å². The molecule has 0 radical (unpaired) electrons. The average Bonchev–Trinajstić information content (AvgIpc) is 2.54. The van der Waals surface area contributed by atoms with E-state index in [2.05, 4.69) is 25.0 Å². The van der Waals surface area contributed by atoms with Gasteiger partial charge in [0.15, 0.2) is 5.11 Å². The molecule has 0 heterocycles. The Bertz CT molecular complexity index is 627. The molecule has 6 heteroatoms. The van der Waals surface area contributed by atoms with Gasteiger partial charge in [-0.3, -0.25) is 0 Å². The highest BCUT2D eigenvalue weighted by atomic mass is 32.1. The van der Waals surface area contributed by atoms with Gasteiger partial charge < -0.3 is 15.0 Å². The third-order valence-electron chi connectivity index (χ3n) is 4.37. The molecule has 1 rings (SSSR count). The maximum Gasteiger partial charge on any atom is 0.338 e. The minimum absolute atomic E-state index is 0.240. The fourth-order valence-corrected chi connectivity index (χ4v) is 3.82. The van der Waals surface area contributed by atoms with Gasteiger partial charge in [-0.05, 0) is 62.7 Å². The van der Waals surface area contributed by atoms with Crippen LogP contribution in [-0.2, 0) is 4.74 Å². The summed E-state index contributed by atoms with van der Waals surface area (Å²) in [5.41, 5.74) is 3.51. The number of hydrogen-bond donors (Lipinski definition) is 1. The minimum atomic E-state index is -1.08. The number of thiocarbonyl (C=S) groups is 1. The summed E-state index contributed by atoms with van der Waals surface area (Å²) in [6.07, 6.45) is 0.941. The molecule has 1 N–H and O–H groups in total. The molecule has 0 spiro atoms. The second-order valence-corrected chi connectivity index (χ2v) is 13.7. The molecule has 0 atom stereocenters. The van der Waals surface area contributed by atoms with Gasteiger partial charge in [0.05, 0.1) is 12.2 Å². The van der Waals surface area contributed by atoms with Gasteiger partial charge in [0, 0.05) is 27.4 Å². The lowest BCUT2D eigenvalue weighted by Crippen LogP contribution is -2.31. The summed E-state index contributed by atoms with van der Waals surface area (Å²) in [4.78, 5) is 14.3. The minimum Gasteiger partial charge on any atom is -0.462 e. The second-order valence-electron chi connectivity index (χ2n) is 7.66. The lowest BCUT2D eigenvalue weighted by atomic mass is 10.0. The number of rotatable bonds is 7. The van der Waals surface area contributed by atoms with Gasteiger partial charge in [-0.15, -0.1) is 0 Å². The molecule has 140 valence electrons. The Kier molecular flexibility index (Phi) is 8.08. The van der Waals surface area contributed by atoms with E-state index in [4.69, 9.17) is 17.0 Å². The molecular formula is C19H32N2O2SSi. The number of ether oxygens (including phenoxy) is 1. The van der Waals surface area contributed by atoms with Crippen molar-refractivity contribution >= 4 is 37.1 Å². The molecule has 25 heavy (non-hydrogen) atoms. The van der Waals surface area contributed by atoms with Gasteiger partial charge >= 0.3 is 5.97 Å². The molecule has 0 aliphatic rings. The van der Waals surface area contributed by atoms with Gasteiger partial charge in [0.1, 0.15) is 0 Å². The number of carbonyl (C=O) groups excluding carboxylic acids is 1. The van der Waals surface area contributed by atoms with Gasteiger partial charge in [-0.2, -0.15) is 0 Å². The number of benzene rings is 1. The van der Waals surface area contributed by atoms with E-state index in [1.165, 1.54) is 6.04 Å². The molecule has 0 amide bonds. The fraction of sp³-hybridized carbons (Fsp3) is 0.579. The number of nitrogens with zero attached hydrogens (tertiary/aromatic N) is 1. The highest BCUT2D eigenvalue weighted by Crippen LogP contribution is 2.23. The van der Waals surface area contributed by atoms with Crippen molar-refractivity contribution in [2.75, 3.05) is 25.5 Å². The first kappa shape index (κ1) is 21.6. The third-order valence-corrected chi connectivity index (χ3v) is 6.64. The molecule has 0 aliphatic carbocycles. The highest BCUT2D eigenvalue weighted by molar-refractivity contribution is 7.80. The van der Waals surface area contributed by atoms with Crippen LogP contribution in [0.15, 0.2) is 12.1 Å². The normalized spacial score (nSPS) is 11.2. The standard InChI is InChI=1S/C19H32N2O2SSi/c1-8-21(4)19(24)20-17-11-10-16(14(2)15(17)3)18(22)23-12-9-13-25(5,6)7/h10-11H,8-9,12-13H2,1-7H3,(H,20,24). The van der Waals surface area contributed by atoms with Crippen LogP contribution in [0.2, 0.25) is 25.7 Å². The number of anilines is 1. The van der Waals surface area contributed by atoms with Gasteiger partial charge in [0.2, 0.25) is 0 Å². The first-order valence-corrected chi connectivity index (χ1v) is 13.0. The van der Waals surface area contributed by atoms with Crippen LogP contribution in [0.4, 0.5) is 5.69 Å². The van der Waals surface area contributed by atoms with Crippen LogP contribution in [0.5, 0.6) is 0 Å². The summed E-state index contributed by atoms with van der Waals surface area (Å²) >= 11 is 5.37. The summed E-state index contributed by atoms with van der Waals surface area (Å²) in [6, 6.07) is 4.89. The Morgan fingerprint density at radius 3 is 2.44 bits per heavy atom. The van der Waals surface area contributed by atoms with E-state index in [0.717, 1.165) is 29.8 Å². The first-order chi connectivity index (χ1) is 11.6. The van der Waals surface area contributed by atoms with Crippen molar-refractivity contribution in [3.05, 3.63) is 28.8 Å². The Hall–Kier alpha value is -1.40. The molecule has 0 bridgehead atoms. The van der Waals surface area contributed by atoms with Gasteiger partial charge in [-0.1, -0.05) is 25.7 Å². The molecule has 0 unspecified atom stereocenters. The first-order valence-electron chi connectivity index (χ1n) is 8.86. The van der Waals surface area contributed by atoms with E-state index in [1.54, 1.807) is 0 Å². The second kappa shape index (κ2) is 9.34. The van der Waals surface area contributed by atoms with Crippen molar-refractivity contribution in [2.24, 2.45) is 0 Å². The molecule has 0 saturated carbocycles. The molecule has 0 aromatic heterocycles. The summed E-state index contributed by atoms with van der Waals surface area (Å²) in [5.74, 6) is -0.240. The summed E-state index contributed by atoms with van der Waals surface area (Å²) in [5, 5.41) is 3.92. The highest BCUT2D eigenvalue weighted by Gasteiger charge is 2.16. The zero-order chi connectivity index (χ0) is 19.2. The summed E-state index contributed by atoms with van der Waals surface area (Å²) < 4.78 is 5.46. The van der Waals surface area contributed by atoms with Gasteiger partial charge in [0.25, 0.3) is 0 Å².